The molecule has 0 aliphatic carbocycles. The van der Waals surface area contributed by atoms with E-state index < -0.39 is 0 Å². The van der Waals surface area contributed by atoms with E-state index in [-0.39, 0.29) is 5.75 Å². The minimum absolute atomic E-state index is 0.181. The second kappa shape index (κ2) is 4.92. The molecule has 0 aromatic heterocycles. The molecule has 0 amide bonds. The maximum Gasteiger partial charge on any atom is 0.165 e. The number of ether oxygens (including phenoxy) is 1. The molecule has 2 nitrogen and oxygen atoms in total. The highest BCUT2D eigenvalue weighted by Crippen LogP contribution is 2.30. The Balaban J connectivity index is 3.03. The first-order chi connectivity index (χ1) is 6.29. The van der Waals surface area contributed by atoms with E-state index in [0.29, 0.717) is 12.4 Å². The molecule has 0 fully saturated rings. The van der Waals surface area contributed by atoms with Gasteiger partial charge in [-0.3, -0.25) is 0 Å². The maximum atomic E-state index is 9.65. The van der Waals surface area contributed by atoms with Crippen LogP contribution in [-0.4, -0.2) is 11.7 Å². The van der Waals surface area contributed by atoms with E-state index in [1.54, 1.807) is 17.1 Å². The van der Waals surface area contributed by atoms with Gasteiger partial charge in [0.25, 0.3) is 0 Å². The summed E-state index contributed by atoms with van der Waals surface area (Å²) in [4.78, 5) is 1.69. The Bertz CT molecular complexity index is 308. The summed E-state index contributed by atoms with van der Waals surface area (Å²) in [6.45, 7) is 2.43. The van der Waals surface area contributed by atoms with Crippen LogP contribution in [0.4, 0.5) is 0 Å². The Kier molecular flexibility index (Phi) is 3.83. The van der Waals surface area contributed by atoms with Gasteiger partial charge in [0.2, 0.25) is 0 Å². The van der Waals surface area contributed by atoms with Crippen molar-refractivity contribution in [3.05, 3.63) is 28.7 Å². The molecule has 0 radical (unpaired) electrons. The van der Waals surface area contributed by atoms with Gasteiger partial charge in [-0.1, -0.05) is 28.1 Å². The van der Waals surface area contributed by atoms with Crippen molar-refractivity contribution < 1.29 is 9.84 Å². The summed E-state index contributed by atoms with van der Waals surface area (Å²) in [5, 5.41) is 9.65. The molecule has 0 aliphatic heterocycles. The number of halogens is 1. The second-order valence-electron chi connectivity index (χ2n) is 2.42. The third kappa shape index (κ3) is 2.49. The minimum Gasteiger partial charge on any atom is -0.504 e. The summed E-state index contributed by atoms with van der Waals surface area (Å²) in [5.74, 6) is 0.700. The SMILES string of the molecule is CCOc1cccc(/C=C/Br)c1O. The molecule has 13 heavy (non-hydrogen) atoms. The molecule has 0 bridgehead atoms. The molecule has 1 rings (SSSR count). The molecular formula is C10H11BrO2. The third-order valence-electron chi connectivity index (χ3n) is 1.57. The number of hydrogen-bond donors (Lipinski definition) is 1. The molecule has 0 heterocycles. The van der Waals surface area contributed by atoms with Crippen LogP contribution in [0.15, 0.2) is 23.2 Å². The highest BCUT2D eigenvalue weighted by molar-refractivity contribution is 9.11. The van der Waals surface area contributed by atoms with Crippen LogP contribution < -0.4 is 4.74 Å². The van der Waals surface area contributed by atoms with Crippen molar-refractivity contribution in [3.63, 3.8) is 0 Å². The molecule has 0 unspecified atom stereocenters. The molecular weight excluding hydrogens is 232 g/mol. The lowest BCUT2D eigenvalue weighted by Crippen LogP contribution is -1.92. The van der Waals surface area contributed by atoms with Crippen molar-refractivity contribution >= 4 is 22.0 Å². The first-order valence-corrected chi connectivity index (χ1v) is 4.92. The molecule has 0 saturated carbocycles. The number of para-hydroxylation sites is 1. The van der Waals surface area contributed by atoms with E-state index >= 15 is 0 Å². The molecule has 1 aromatic carbocycles. The van der Waals surface area contributed by atoms with Gasteiger partial charge in [-0.2, -0.15) is 0 Å². The zero-order valence-corrected chi connectivity index (χ0v) is 8.91. The normalized spacial score (nSPS) is 10.6. The monoisotopic (exact) mass is 242 g/mol. The Hall–Kier alpha value is -0.960. The van der Waals surface area contributed by atoms with E-state index in [4.69, 9.17) is 4.74 Å². The smallest absolute Gasteiger partial charge is 0.165 e. The predicted octanol–water partition coefficient (Wildman–Crippen LogP) is 3.16. The molecule has 1 N–H and O–H groups in total. The Labute approximate surface area is 86.0 Å². The molecule has 0 spiro atoms. The third-order valence-corrected chi connectivity index (χ3v) is 1.84. The summed E-state index contributed by atoms with van der Waals surface area (Å²) in [5.41, 5.74) is 0.739. The van der Waals surface area contributed by atoms with Crippen LogP contribution in [0, 0.1) is 0 Å². The average molecular weight is 243 g/mol. The van der Waals surface area contributed by atoms with Gasteiger partial charge in [0.1, 0.15) is 0 Å². The standard InChI is InChI=1S/C10H11BrO2/c1-2-13-9-5-3-4-8(6-7-11)10(9)12/h3-7,12H,2H2,1H3/b7-6+. The van der Waals surface area contributed by atoms with Crippen LogP contribution in [0.25, 0.3) is 6.08 Å². The van der Waals surface area contributed by atoms with Crippen LogP contribution in [0.3, 0.4) is 0 Å². The van der Waals surface area contributed by atoms with Crippen LogP contribution in [0.2, 0.25) is 0 Å². The summed E-state index contributed by atoms with van der Waals surface area (Å²) in [7, 11) is 0. The van der Waals surface area contributed by atoms with Gasteiger partial charge in [-0.15, -0.1) is 0 Å². The van der Waals surface area contributed by atoms with Crippen molar-refractivity contribution in [2.45, 2.75) is 6.92 Å². The Morgan fingerprint density at radius 1 is 1.54 bits per heavy atom. The van der Waals surface area contributed by atoms with Gasteiger partial charge >= 0.3 is 0 Å². The van der Waals surface area contributed by atoms with Crippen LogP contribution in [-0.2, 0) is 0 Å². The number of aromatic hydroxyl groups is 1. The Morgan fingerprint density at radius 3 is 2.92 bits per heavy atom. The number of hydrogen-bond acceptors (Lipinski definition) is 2. The molecule has 0 aliphatic rings. The van der Waals surface area contributed by atoms with Crippen molar-refractivity contribution in [2.75, 3.05) is 6.61 Å². The maximum absolute atomic E-state index is 9.65. The average Bonchev–Trinajstić information content (AvgIpc) is 2.13. The Morgan fingerprint density at radius 2 is 2.31 bits per heavy atom. The lowest BCUT2D eigenvalue weighted by atomic mass is 10.2. The number of rotatable bonds is 3. The summed E-state index contributed by atoms with van der Waals surface area (Å²) < 4.78 is 5.22. The van der Waals surface area contributed by atoms with Crippen LogP contribution >= 0.6 is 15.9 Å². The fourth-order valence-electron chi connectivity index (χ4n) is 1.01. The van der Waals surface area contributed by atoms with Gasteiger partial charge in [0, 0.05) is 5.56 Å². The van der Waals surface area contributed by atoms with E-state index in [1.807, 2.05) is 19.1 Å². The van der Waals surface area contributed by atoms with Crippen molar-refractivity contribution in [1.82, 2.24) is 0 Å². The predicted molar refractivity (Wildman–Crippen MR) is 57.2 cm³/mol. The molecule has 0 atom stereocenters. The van der Waals surface area contributed by atoms with E-state index in [9.17, 15) is 5.11 Å². The molecule has 3 heteroatoms. The lowest BCUT2D eigenvalue weighted by molar-refractivity contribution is 0.318. The van der Waals surface area contributed by atoms with Crippen LogP contribution in [0.5, 0.6) is 11.5 Å². The quantitative estimate of drug-likeness (QED) is 0.883. The number of phenolic OH excluding ortho intramolecular Hbond substituents is 1. The fourth-order valence-corrected chi connectivity index (χ4v) is 1.30. The fraction of sp³-hybridized carbons (Fsp3) is 0.200. The molecule has 70 valence electrons. The topological polar surface area (TPSA) is 29.5 Å². The first-order valence-electron chi connectivity index (χ1n) is 4.01. The second-order valence-corrected chi connectivity index (χ2v) is 2.95. The lowest BCUT2D eigenvalue weighted by Gasteiger charge is -2.06. The van der Waals surface area contributed by atoms with Crippen LogP contribution in [0.1, 0.15) is 12.5 Å². The van der Waals surface area contributed by atoms with E-state index in [2.05, 4.69) is 15.9 Å². The molecule has 1 aromatic rings. The van der Waals surface area contributed by atoms with Crippen molar-refractivity contribution in [1.29, 1.82) is 0 Å². The first kappa shape index (κ1) is 10.1. The molecule has 0 saturated heterocycles. The van der Waals surface area contributed by atoms with Gasteiger partial charge in [-0.05, 0) is 24.1 Å². The number of benzene rings is 1. The zero-order valence-electron chi connectivity index (χ0n) is 7.33. The van der Waals surface area contributed by atoms with Crippen molar-refractivity contribution in [3.8, 4) is 11.5 Å². The number of phenols is 1. The van der Waals surface area contributed by atoms with E-state index in [1.165, 1.54) is 0 Å². The van der Waals surface area contributed by atoms with Gasteiger partial charge < -0.3 is 9.84 Å². The largest absolute Gasteiger partial charge is 0.504 e. The summed E-state index contributed by atoms with van der Waals surface area (Å²) in [6, 6.07) is 5.40. The summed E-state index contributed by atoms with van der Waals surface area (Å²) >= 11 is 3.15. The van der Waals surface area contributed by atoms with E-state index in [0.717, 1.165) is 5.56 Å². The minimum atomic E-state index is 0.181. The zero-order chi connectivity index (χ0) is 9.68. The highest BCUT2D eigenvalue weighted by Gasteiger charge is 2.04. The van der Waals surface area contributed by atoms with Crippen molar-refractivity contribution in [2.24, 2.45) is 0 Å². The highest BCUT2D eigenvalue weighted by atomic mass is 79.9. The van der Waals surface area contributed by atoms with Gasteiger partial charge in [0.15, 0.2) is 11.5 Å². The van der Waals surface area contributed by atoms with Gasteiger partial charge in [-0.25, -0.2) is 0 Å². The summed E-state index contributed by atoms with van der Waals surface area (Å²) in [6.07, 6.45) is 1.76. The van der Waals surface area contributed by atoms with Gasteiger partial charge in [0.05, 0.1) is 6.61 Å².